The van der Waals surface area contributed by atoms with E-state index in [1.807, 2.05) is 37.3 Å². The van der Waals surface area contributed by atoms with Gasteiger partial charge in [0.1, 0.15) is 0 Å². The number of amides is 1. The molecule has 2 N–H and O–H groups in total. The molecule has 0 aliphatic heterocycles. The Morgan fingerprint density at radius 1 is 1.26 bits per heavy atom. The fourth-order valence-electron chi connectivity index (χ4n) is 2.48. The molecule has 0 aromatic heterocycles. The number of aliphatic carboxylic acids is 1. The predicted octanol–water partition coefficient (Wildman–Crippen LogP) is 2.26. The molecule has 1 aromatic rings. The van der Waals surface area contributed by atoms with Gasteiger partial charge in [-0.05, 0) is 17.9 Å². The van der Waals surface area contributed by atoms with Gasteiger partial charge in [0, 0.05) is 7.05 Å². The normalized spacial score (nSPS) is 15.3. The summed E-state index contributed by atoms with van der Waals surface area (Å²) in [6, 6.07) is 9.61. The fraction of sp³-hybridized carbons (Fsp3) is 0.467. The number of carbonyl (C=O) groups is 2. The lowest BCUT2D eigenvalue weighted by Gasteiger charge is -2.28. The van der Waals surface area contributed by atoms with E-state index in [1.165, 1.54) is 0 Å². The third-order valence-electron chi connectivity index (χ3n) is 3.58. The highest BCUT2D eigenvalue weighted by Gasteiger charge is 2.36. The van der Waals surface area contributed by atoms with Crippen LogP contribution in [0.1, 0.15) is 31.7 Å². The van der Waals surface area contributed by atoms with Gasteiger partial charge in [0.05, 0.1) is 11.8 Å². The van der Waals surface area contributed by atoms with E-state index < -0.39 is 17.8 Å². The maximum Gasteiger partial charge on any atom is 0.307 e. The van der Waals surface area contributed by atoms with Crippen LogP contribution in [0.15, 0.2) is 30.3 Å². The molecule has 0 heterocycles. The molecule has 0 saturated carbocycles. The van der Waals surface area contributed by atoms with Crippen LogP contribution in [0.3, 0.4) is 0 Å². The van der Waals surface area contributed by atoms with Crippen LogP contribution in [-0.4, -0.2) is 24.0 Å². The fourth-order valence-corrected chi connectivity index (χ4v) is 2.48. The van der Waals surface area contributed by atoms with Crippen molar-refractivity contribution in [1.82, 2.24) is 5.32 Å². The highest BCUT2D eigenvalue weighted by Crippen LogP contribution is 2.33. The van der Waals surface area contributed by atoms with Crippen molar-refractivity contribution in [3.63, 3.8) is 0 Å². The number of benzene rings is 1. The average molecular weight is 263 g/mol. The number of rotatable bonds is 6. The number of carbonyl (C=O) groups excluding carboxylic acids is 1. The number of hydrogen-bond acceptors (Lipinski definition) is 2. The summed E-state index contributed by atoms with van der Waals surface area (Å²) in [4.78, 5) is 23.3. The van der Waals surface area contributed by atoms with Crippen LogP contribution in [0.5, 0.6) is 0 Å². The minimum atomic E-state index is -0.942. The minimum absolute atomic E-state index is 0.0905. The molecule has 1 amide bonds. The topological polar surface area (TPSA) is 66.4 Å². The van der Waals surface area contributed by atoms with E-state index in [-0.39, 0.29) is 11.8 Å². The Labute approximate surface area is 113 Å². The quantitative estimate of drug-likeness (QED) is 0.827. The number of hydrogen-bond donors (Lipinski definition) is 2. The summed E-state index contributed by atoms with van der Waals surface area (Å²) in [7, 11) is 1.54. The second kappa shape index (κ2) is 6.92. The van der Waals surface area contributed by atoms with Gasteiger partial charge in [0.25, 0.3) is 0 Å². The molecular weight excluding hydrogens is 242 g/mol. The van der Waals surface area contributed by atoms with Gasteiger partial charge >= 0.3 is 5.97 Å². The third kappa shape index (κ3) is 3.56. The van der Waals surface area contributed by atoms with E-state index in [4.69, 9.17) is 0 Å². The monoisotopic (exact) mass is 263 g/mol. The van der Waals surface area contributed by atoms with Crippen LogP contribution >= 0.6 is 0 Å². The zero-order valence-electron chi connectivity index (χ0n) is 11.6. The first-order valence-electron chi connectivity index (χ1n) is 6.52. The number of carboxylic acids is 1. The van der Waals surface area contributed by atoms with E-state index in [1.54, 1.807) is 14.0 Å². The van der Waals surface area contributed by atoms with Gasteiger partial charge < -0.3 is 10.4 Å². The lowest BCUT2D eigenvalue weighted by molar-refractivity contribution is -0.147. The lowest BCUT2D eigenvalue weighted by atomic mass is 9.76. The molecule has 0 bridgehead atoms. The van der Waals surface area contributed by atoms with Crippen molar-refractivity contribution in [2.45, 2.75) is 26.2 Å². The average Bonchev–Trinajstić information content (AvgIpc) is 2.43. The van der Waals surface area contributed by atoms with Gasteiger partial charge in [-0.15, -0.1) is 0 Å². The maximum absolute atomic E-state index is 12.1. The summed E-state index contributed by atoms with van der Waals surface area (Å²) < 4.78 is 0. The number of carboxylic acid groups (broad SMARTS) is 1. The molecule has 4 nitrogen and oxygen atoms in total. The Morgan fingerprint density at radius 2 is 1.84 bits per heavy atom. The Kier molecular flexibility index (Phi) is 5.55. The van der Waals surface area contributed by atoms with Crippen LogP contribution in [0.25, 0.3) is 0 Å². The molecule has 0 aliphatic carbocycles. The summed E-state index contributed by atoms with van der Waals surface area (Å²) >= 11 is 0. The molecule has 3 atom stereocenters. The summed E-state index contributed by atoms with van der Waals surface area (Å²) in [6.45, 7) is 3.57. The highest BCUT2D eigenvalue weighted by molar-refractivity contribution is 5.85. The standard InChI is InChI=1S/C15H21NO3/c1-4-12(11-8-6-5-7-9-11)13(14(17)16-3)10(2)15(18)19/h5-10,12-13H,4H2,1-3H3,(H,16,17)(H,18,19). The molecule has 104 valence electrons. The van der Waals surface area contributed by atoms with Crippen LogP contribution in [0, 0.1) is 11.8 Å². The SMILES string of the molecule is CCC(c1ccccc1)C(C(=O)NC)C(C)C(=O)O. The van der Waals surface area contributed by atoms with E-state index in [9.17, 15) is 14.7 Å². The molecule has 0 aliphatic rings. The van der Waals surface area contributed by atoms with Crippen LogP contribution in [-0.2, 0) is 9.59 Å². The highest BCUT2D eigenvalue weighted by atomic mass is 16.4. The van der Waals surface area contributed by atoms with Crippen molar-refractivity contribution in [3.8, 4) is 0 Å². The second-order valence-corrected chi connectivity index (χ2v) is 4.69. The second-order valence-electron chi connectivity index (χ2n) is 4.69. The van der Waals surface area contributed by atoms with Crippen LogP contribution in [0.4, 0.5) is 0 Å². The Morgan fingerprint density at radius 3 is 2.26 bits per heavy atom. The molecule has 1 rings (SSSR count). The van der Waals surface area contributed by atoms with Crippen molar-refractivity contribution in [2.75, 3.05) is 7.05 Å². The smallest absolute Gasteiger partial charge is 0.307 e. The van der Waals surface area contributed by atoms with E-state index in [0.717, 1.165) is 12.0 Å². The molecular formula is C15H21NO3. The molecule has 0 radical (unpaired) electrons. The third-order valence-corrected chi connectivity index (χ3v) is 3.58. The van der Waals surface area contributed by atoms with Crippen molar-refractivity contribution in [2.24, 2.45) is 11.8 Å². The minimum Gasteiger partial charge on any atom is -0.481 e. The van der Waals surface area contributed by atoms with Crippen molar-refractivity contribution in [3.05, 3.63) is 35.9 Å². The van der Waals surface area contributed by atoms with Crippen molar-refractivity contribution >= 4 is 11.9 Å². The Hall–Kier alpha value is -1.84. The van der Waals surface area contributed by atoms with Gasteiger partial charge in [-0.25, -0.2) is 0 Å². The zero-order chi connectivity index (χ0) is 14.4. The molecule has 4 heteroatoms. The van der Waals surface area contributed by atoms with Gasteiger partial charge in [-0.1, -0.05) is 44.2 Å². The number of nitrogens with one attached hydrogen (secondary N) is 1. The van der Waals surface area contributed by atoms with Crippen molar-refractivity contribution in [1.29, 1.82) is 0 Å². The van der Waals surface area contributed by atoms with Gasteiger partial charge in [-0.2, -0.15) is 0 Å². The zero-order valence-corrected chi connectivity index (χ0v) is 11.6. The molecule has 19 heavy (non-hydrogen) atoms. The van der Waals surface area contributed by atoms with Gasteiger partial charge in [-0.3, -0.25) is 9.59 Å². The molecule has 0 spiro atoms. The van der Waals surface area contributed by atoms with Crippen LogP contribution in [0.2, 0.25) is 0 Å². The predicted molar refractivity (Wildman–Crippen MR) is 73.8 cm³/mol. The lowest BCUT2D eigenvalue weighted by Crippen LogP contribution is -2.38. The van der Waals surface area contributed by atoms with Crippen LogP contribution < -0.4 is 5.32 Å². The molecule has 1 aromatic carbocycles. The van der Waals surface area contributed by atoms with Crippen molar-refractivity contribution < 1.29 is 14.7 Å². The first-order chi connectivity index (χ1) is 9.02. The molecule has 3 unspecified atom stereocenters. The Bertz CT molecular complexity index is 430. The molecule has 0 fully saturated rings. The van der Waals surface area contributed by atoms with E-state index in [2.05, 4.69) is 5.32 Å². The van der Waals surface area contributed by atoms with Gasteiger partial charge in [0.15, 0.2) is 0 Å². The summed E-state index contributed by atoms with van der Waals surface area (Å²) in [5.41, 5.74) is 1.01. The largest absolute Gasteiger partial charge is 0.481 e. The summed E-state index contributed by atoms with van der Waals surface area (Å²) in [5.74, 6) is -2.53. The van der Waals surface area contributed by atoms with Gasteiger partial charge in [0.2, 0.25) is 5.91 Å². The molecule has 0 saturated heterocycles. The van der Waals surface area contributed by atoms with E-state index >= 15 is 0 Å². The Balaban J connectivity index is 3.14. The summed E-state index contributed by atoms with van der Waals surface area (Å²) in [6.07, 6.45) is 0.722. The first kappa shape index (κ1) is 15.2. The maximum atomic E-state index is 12.1. The first-order valence-corrected chi connectivity index (χ1v) is 6.52. The summed E-state index contributed by atoms with van der Waals surface area (Å²) in [5, 5.41) is 11.8. The van der Waals surface area contributed by atoms with E-state index in [0.29, 0.717) is 0 Å².